The van der Waals surface area contributed by atoms with Crippen LogP contribution in [0.5, 0.6) is 0 Å². The summed E-state index contributed by atoms with van der Waals surface area (Å²) in [5.74, 6) is 7.34. The minimum Gasteiger partial charge on any atom is -0.377 e. The molecule has 98 valence electrons. The van der Waals surface area contributed by atoms with E-state index in [-0.39, 0.29) is 0 Å². The summed E-state index contributed by atoms with van der Waals surface area (Å²) in [6.45, 7) is 5.30. The molecular formula is C16H28O. The molecule has 0 saturated heterocycles. The van der Waals surface area contributed by atoms with Crippen LogP contribution >= 0.6 is 0 Å². The van der Waals surface area contributed by atoms with Crippen molar-refractivity contribution in [2.45, 2.75) is 77.7 Å². The van der Waals surface area contributed by atoms with Gasteiger partial charge in [0.15, 0.2) is 0 Å². The predicted octanol–water partition coefficient (Wildman–Crippen LogP) is 4.56. The zero-order valence-electron chi connectivity index (χ0n) is 11.6. The Morgan fingerprint density at radius 1 is 1.06 bits per heavy atom. The van der Waals surface area contributed by atoms with Crippen molar-refractivity contribution in [2.75, 3.05) is 6.61 Å². The molecule has 1 aliphatic rings. The zero-order chi connectivity index (χ0) is 12.3. The molecule has 0 aliphatic heterocycles. The van der Waals surface area contributed by atoms with Gasteiger partial charge in [-0.05, 0) is 25.7 Å². The van der Waals surface area contributed by atoms with Crippen molar-refractivity contribution in [1.82, 2.24) is 0 Å². The van der Waals surface area contributed by atoms with E-state index in [1.54, 1.807) is 0 Å². The van der Waals surface area contributed by atoms with Crippen LogP contribution < -0.4 is 0 Å². The molecule has 0 aromatic carbocycles. The third-order valence-electron chi connectivity index (χ3n) is 3.43. The summed E-state index contributed by atoms with van der Waals surface area (Å²) in [5.41, 5.74) is 0. The number of unbranched alkanes of at least 4 members (excludes halogenated alkanes) is 2. The first-order valence-corrected chi connectivity index (χ1v) is 7.48. The molecule has 0 aromatic heterocycles. The van der Waals surface area contributed by atoms with Gasteiger partial charge in [-0.1, -0.05) is 45.5 Å². The zero-order valence-corrected chi connectivity index (χ0v) is 11.6. The van der Waals surface area contributed by atoms with Crippen LogP contribution in [0.2, 0.25) is 0 Å². The molecule has 0 radical (unpaired) electrons. The van der Waals surface area contributed by atoms with Crippen molar-refractivity contribution in [2.24, 2.45) is 5.92 Å². The molecule has 0 aromatic rings. The molecule has 0 unspecified atom stereocenters. The summed E-state index contributed by atoms with van der Waals surface area (Å²) in [7, 11) is 0. The van der Waals surface area contributed by atoms with E-state index in [9.17, 15) is 0 Å². The Bertz CT molecular complexity index is 236. The highest BCUT2D eigenvalue weighted by Crippen LogP contribution is 2.25. The minimum absolute atomic E-state index is 0.409. The average molecular weight is 236 g/mol. The van der Waals surface area contributed by atoms with Crippen LogP contribution in [0, 0.1) is 17.8 Å². The van der Waals surface area contributed by atoms with Crippen molar-refractivity contribution in [3.8, 4) is 11.8 Å². The highest BCUT2D eigenvalue weighted by Gasteiger charge is 2.22. The Balaban J connectivity index is 2.45. The Morgan fingerprint density at radius 3 is 2.65 bits per heavy atom. The fraction of sp³-hybridized carbons (Fsp3) is 0.875. The van der Waals surface area contributed by atoms with E-state index in [1.165, 1.54) is 44.9 Å². The van der Waals surface area contributed by atoms with Crippen LogP contribution in [0.25, 0.3) is 0 Å². The largest absolute Gasteiger partial charge is 0.377 e. The van der Waals surface area contributed by atoms with Gasteiger partial charge in [0.2, 0.25) is 0 Å². The standard InChI is InChI=1S/C16H28O/c1-3-5-6-8-11-15-12-9-7-10-13-16(15)17-14-4-2/h15-16H,3-7,9-10,12-14H2,1-2H3/t15-,16-/m0/s1. The fourth-order valence-electron chi connectivity index (χ4n) is 2.38. The molecule has 1 aliphatic carbocycles. The van der Waals surface area contributed by atoms with E-state index in [0.29, 0.717) is 12.0 Å². The lowest BCUT2D eigenvalue weighted by Gasteiger charge is -2.21. The van der Waals surface area contributed by atoms with Crippen LogP contribution in [-0.4, -0.2) is 12.7 Å². The van der Waals surface area contributed by atoms with Gasteiger partial charge in [0, 0.05) is 18.9 Å². The lowest BCUT2D eigenvalue weighted by atomic mass is 9.97. The molecule has 1 saturated carbocycles. The maximum atomic E-state index is 5.98. The Labute approximate surface area is 107 Å². The van der Waals surface area contributed by atoms with Gasteiger partial charge in [0.05, 0.1) is 6.10 Å². The van der Waals surface area contributed by atoms with Crippen LogP contribution in [0.3, 0.4) is 0 Å². The third kappa shape index (κ3) is 6.13. The summed E-state index contributed by atoms with van der Waals surface area (Å²) < 4.78 is 5.98. The van der Waals surface area contributed by atoms with Crippen LogP contribution in [0.4, 0.5) is 0 Å². The van der Waals surface area contributed by atoms with Gasteiger partial charge in [-0.15, -0.1) is 5.92 Å². The first-order valence-electron chi connectivity index (χ1n) is 7.48. The second kappa shape index (κ2) is 9.54. The summed E-state index contributed by atoms with van der Waals surface area (Å²) in [5, 5.41) is 0. The van der Waals surface area contributed by atoms with Crippen molar-refractivity contribution in [3.63, 3.8) is 0 Å². The van der Waals surface area contributed by atoms with E-state index >= 15 is 0 Å². The summed E-state index contributed by atoms with van der Waals surface area (Å²) >= 11 is 0. The number of hydrogen-bond donors (Lipinski definition) is 0. The maximum Gasteiger partial charge on any atom is 0.0712 e. The molecule has 0 spiro atoms. The van der Waals surface area contributed by atoms with Crippen LogP contribution in [0.15, 0.2) is 0 Å². The molecule has 0 amide bonds. The Morgan fingerprint density at radius 2 is 1.88 bits per heavy atom. The first-order chi connectivity index (χ1) is 8.38. The van der Waals surface area contributed by atoms with Crippen molar-refractivity contribution < 1.29 is 4.74 Å². The number of ether oxygens (including phenoxy) is 1. The fourth-order valence-corrected chi connectivity index (χ4v) is 2.38. The van der Waals surface area contributed by atoms with Gasteiger partial charge in [0.25, 0.3) is 0 Å². The molecule has 1 fully saturated rings. The van der Waals surface area contributed by atoms with Gasteiger partial charge in [0.1, 0.15) is 0 Å². The molecular weight excluding hydrogens is 208 g/mol. The number of hydrogen-bond acceptors (Lipinski definition) is 1. The molecule has 1 heteroatoms. The van der Waals surface area contributed by atoms with Gasteiger partial charge in [-0.2, -0.15) is 0 Å². The topological polar surface area (TPSA) is 9.23 Å². The molecule has 0 N–H and O–H groups in total. The third-order valence-corrected chi connectivity index (χ3v) is 3.43. The van der Waals surface area contributed by atoms with Gasteiger partial charge in [-0.25, -0.2) is 0 Å². The molecule has 1 rings (SSSR count). The lowest BCUT2D eigenvalue weighted by molar-refractivity contribution is 0.0241. The van der Waals surface area contributed by atoms with Crippen LogP contribution in [-0.2, 0) is 4.74 Å². The van der Waals surface area contributed by atoms with E-state index < -0.39 is 0 Å². The van der Waals surface area contributed by atoms with Crippen LogP contribution in [0.1, 0.15) is 71.6 Å². The second-order valence-corrected chi connectivity index (χ2v) is 5.08. The average Bonchev–Trinajstić information content (AvgIpc) is 2.57. The monoisotopic (exact) mass is 236 g/mol. The highest BCUT2D eigenvalue weighted by molar-refractivity contribution is 5.06. The normalized spacial score (nSPS) is 24.8. The SMILES string of the molecule is CCCCC#C[C@H]1CCCCC[C@@H]1OCCC. The van der Waals surface area contributed by atoms with Crippen molar-refractivity contribution in [1.29, 1.82) is 0 Å². The summed E-state index contributed by atoms with van der Waals surface area (Å²) in [6.07, 6.45) is 11.5. The maximum absolute atomic E-state index is 5.98. The molecule has 1 nitrogen and oxygen atoms in total. The highest BCUT2D eigenvalue weighted by atomic mass is 16.5. The first kappa shape index (κ1) is 14.6. The second-order valence-electron chi connectivity index (χ2n) is 5.08. The van der Waals surface area contributed by atoms with E-state index in [1.807, 2.05) is 0 Å². The van der Waals surface area contributed by atoms with Gasteiger partial charge in [-0.3, -0.25) is 0 Å². The Kier molecular flexibility index (Phi) is 8.18. The summed E-state index contributed by atoms with van der Waals surface area (Å²) in [6, 6.07) is 0. The molecule has 2 atom stereocenters. The van der Waals surface area contributed by atoms with Gasteiger partial charge < -0.3 is 4.74 Å². The van der Waals surface area contributed by atoms with E-state index in [0.717, 1.165) is 19.4 Å². The molecule has 17 heavy (non-hydrogen) atoms. The lowest BCUT2D eigenvalue weighted by Crippen LogP contribution is -2.22. The van der Waals surface area contributed by atoms with E-state index in [4.69, 9.17) is 4.74 Å². The van der Waals surface area contributed by atoms with Gasteiger partial charge >= 0.3 is 0 Å². The minimum atomic E-state index is 0.409. The molecule has 0 heterocycles. The smallest absolute Gasteiger partial charge is 0.0712 e. The predicted molar refractivity (Wildman–Crippen MR) is 73.9 cm³/mol. The molecule has 0 bridgehead atoms. The summed E-state index contributed by atoms with van der Waals surface area (Å²) in [4.78, 5) is 0. The van der Waals surface area contributed by atoms with E-state index in [2.05, 4.69) is 25.7 Å². The van der Waals surface area contributed by atoms with Crippen molar-refractivity contribution >= 4 is 0 Å². The van der Waals surface area contributed by atoms with Crippen molar-refractivity contribution in [3.05, 3.63) is 0 Å². The quantitative estimate of drug-likeness (QED) is 0.386. The number of rotatable bonds is 5. The Hall–Kier alpha value is -0.480.